The van der Waals surface area contributed by atoms with Crippen molar-refractivity contribution in [1.29, 1.82) is 0 Å². The van der Waals surface area contributed by atoms with Crippen LogP contribution in [0.1, 0.15) is 30.0 Å². The Bertz CT molecular complexity index is 1520. The molecule has 3 aromatic rings. The fourth-order valence-corrected chi connectivity index (χ4v) is 6.51. The number of nitrogens with zero attached hydrogens (tertiary/aromatic N) is 5. The number of carbonyl (C=O) groups excluding carboxylic acids is 1. The van der Waals surface area contributed by atoms with E-state index in [4.69, 9.17) is 21.3 Å². The van der Waals surface area contributed by atoms with Crippen molar-refractivity contribution in [2.75, 3.05) is 13.2 Å². The highest BCUT2D eigenvalue weighted by atomic mass is 35.5. The Morgan fingerprint density at radius 2 is 2.16 bits per heavy atom. The molecule has 0 unspecified atom stereocenters. The fraction of sp³-hybridized carbons (Fsp3) is 0.304. The molecule has 4 heterocycles. The normalized spacial score (nSPS) is 19.7. The van der Waals surface area contributed by atoms with E-state index in [1.807, 2.05) is 0 Å². The number of thiazole rings is 1. The molecule has 2 aliphatic heterocycles. The van der Waals surface area contributed by atoms with E-state index in [1.54, 1.807) is 30.4 Å². The second kappa shape index (κ2) is 9.97. The molecule has 10 nitrogen and oxygen atoms in total. The summed E-state index contributed by atoms with van der Waals surface area (Å²) in [4.78, 5) is 24.3. The molecule has 1 saturated heterocycles. The highest BCUT2D eigenvalue weighted by molar-refractivity contribution is 7.89. The van der Waals surface area contributed by atoms with E-state index in [2.05, 4.69) is 14.8 Å². The summed E-state index contributed by atoms with van der Waals surface area (Å²) >= 11 is 7.75. The van der Waals surface area contributed by atoms with E-state index >= 15 is 0 Å². The maximum Gasteiger partial charge on any atom is 0.338 e. The Kier molecular flexibility index (Phi) is 6.88. The minimum atomic E-state index is -3.93. The molecule has 1 aromatic carbocycles. The van der Waals surface area contributed by atoms with Crippen molar-refractivity contribution in [3.8, 4) is 0 Å². The van der Waals surface area contributed by atoms with Crippen molar-refractivity contribution in [3.63, 3.8) is 0 Å². The van der Waals surface area contributed by atoms with Crippen molar-refractivity contribution < 1.29 is 22.3 Å². The highest BCUT2D eigenvalue weighted by Gasteiger charge is 2.43. The Morgan fingerprint density at radius 1 is 1.35 bits per heavy atom. The Labute approximate surface area is 221 Å². The van der Waals surface area contributed by atoms with Gasteiger partial charge in [-0.3, -0.25) is 9.67 Å². The minimum absolute atomic E-state index is 0.105. The van der Waals surface area contributed by atoms with Crippen LogP contribution in [0.4, 0.5) is 4.39 Å². The van der Waals surface area contributed by atoms with Crippen molar-refractivity contribution in [3.05, 3.63) is 74.7 Å². The molecule has 37 heavy (non-hydrogen) atoms. The molecule has 14 heteroatoms. The number of ether oxygens (including phenoxy) is 1. The molecule has 194 valence electrons. The predicted molar refractivity (Wildman–Crippen MR) is 135 cm³/mol. The maximum atomic E-state index is 13.8. The van der Waals surface area contributed by atoms with Gasteiger partial charge in [0.15, 0.2) is 15.9 Å². The Morgan fingerprint density at radius 3 is 2.81 bits per heavy atom. The minimum Gasteiger partial charge on any atom is -0.463 e. The largest absolute Gasteiger partial charge is 0.463 e. The summed E-state index contributed by atoms with van der Waals surface area (Å²) in [6, 6.07) is 3.80. The lowest BCUT2D eigenvalue weighted by Crippen LogP contribution is -2.40. The number of hydrogen-bond acceptors (Lipinski definition) is 9. The summed E-state index contributed by atoms with van der Waals surface area (Å²) in [5.41, 5.74) is 1.18. The van der Waals surface area contributed by atoms with Crippen LogP contribution in [0.2, 0.25) is 5.02 Å². The number of esters is 1. The monoisotopic (exact) mass is 564 g/mol. The molecule has 0 bridgehead atoms. The number of nitrogens with one attached hydrogen (secondary N) is 1. The van der Waals surface area contributed by atoms with Gasteiger partial charge in [0.2, 0.25) is 0 Å². The van der Waals surface area contributed by atoms with Gasteiger partial charge in [-0.2, -0.15) is 5.10 Å². The number of rotatable bonds is 7. The van der Waals surface area contributed by atoms with E-state index < -0.39 is 33.9 Å². The lowest BCUT2D eigenvalue weighted by Gasteiger charge is -2.31. The number of amidine groups is 1. The van der Waals surface area contributed by atoms with Gasteiger partial charge >= 0.3 is 5.97 Å². The summed E-state index contributed by atoms with van der Waals surface area (Å²) in [7, 11) is -2.30. The van der Waals surface area contributed by atoms with Gasteiger partial charge in [-0.15, -0.1) is 11.3 Å². The fourth-order valence-electron chi connectivity index (χ4n) is 4.41. The molecule has 2 aromatic heterocycles. The van der Waals surface area contributed by atoms with Crippen molar-refractivity contribution in [1.82, 2.24) is 24.4 Å². The van der Waals surface area contributed by atoms with Crippen LogP contribution in [0.15, 0.2) is 63.3 Å². The van der Waals surface area contributed by atoms with Gasteiger partial charge in [0, 0.05) is 60.1 Å². The average Bonchev–Trinajstić information content (AvgIpc) is 3.59. The summed E-state index contributed by atoms with van der Waals surface area (Å²) < 4.78 is 49.3. The molecule has 0 aliphatic carbocycles. The van der Waals surface area contributed by atoms with Crippen LogP contribution in [0.25, 0.3) is 0 Å². The number of aliphatic imine (C=N–C) groups is 1. The SMILES string of the molecule is CCOC(=O)C1=C2C[C@H](NS(=O)(=O)c3ccn(C)n3)CN2C(c2nccs2)=N[C@H]1c1ccc(F)cc1Cl. The van der Waals surface area contributed by atoms with Crippen LogP contribution < -0.4 is 4.72 Å². The lowest BCUT2D eigenvalue weighted by molar-refractivity contribution is -0.139. The zero-order valence-corrected chi connectivity index (χ0v) is 22.1. The van der Waals surface area contributed by atoms with Crippen molar-refractivity contribution in [2.45, 2.75) is 30.5 Å². The molecule has 5 rings (SSSR count). The van der Waals surface area contributed by atoms with Crippen LogP contribution in [0.3, 0.4) is 0 Å². The second-order valence-corrected chi connectivity index (χ2v) is 11.4. The van der Waals surface area contributed by atoms with E-state index in [0.717, 1.165) is 6.07 Å². The Hall–Kier alpha value is -3.13. The van der Waals surface area contributed by atoms with Gasteiger partial charge in [0.25, 0.3) is 10.0 Å². The molecule has 0 amide bonds. The average molecular weight is 565 g/mol. The number of halogens is 2. The summed E-state index contributed by atoms with van der Waals surface area (Å²) in [5, 5.41) is 6.37. The first-order valence-corrected chi connectivity index (χ1v) is 14.0. The van der Waals surface area contributed by atoms with Gasteiger partial charge in [0.05, 0.1) is 12.2 Å². The van der Waals surface area contributed by atoms with Crippen LogP contribution >= 0.6 is 22.9 Å². The van der Waals surface area contributed by atoms with Gasteiger partial charge in [0.1, 0.15) is 11.9 Å². The molecular weight excluding hydrogens is 543 g/mol. The molecule has 0 radical (unpaired) electrons. The summed E-state index contributed by atoms with van der Waals surface area (Å²) in [5.74, 6) is -0.670. The smallest absolute Gasteiger partial charge is 0.338 e. The number of sulfonamides is 1. The first-order valence-electron chi connectivity index (χ1n) is 11.3. The molecule has 0 spiro atoms. The molecule has 0 saturated carbocycles. The second-order valence-electron chi connectivity index (χ2n) is 8.40. The Balaban J connectivity index is 1.61. The van der Waals surface area contributed by atoms with Crippen LogP contribution in [-0.4, -0.2) is 59.1 Å². The predicted octanol–water partition coefficient (Wildman–Crippen LogP) is 3.04. The third-order valence-corrected chi connectivity index (χ3v) is 8.43. The number of hydrogen-bond donors (Lipinski definition) is 1. The maximum absolute atomic E-state index is 13.8. The van der Waals surface area contributed by atoms with E-state index in [9.17, 15) is 17.6 Å². The van der Waals surface area contributed by atoms with Crippen LogP contribution in [0, 0.1) is 5.82 Å². The molecule has 1 fully saturated rings. The molecule has 2 atom stereocenters. The third-order valence-electron chi connectivity index (χ3n) is 5.92. The van der Waals surface area contributed by atoms with E-state index in [1.165, 1.54) is 40.4 Å². The topological polar surface area (TPSA) is 119 Å². The van der Waals surface area contributed by atoms with Crippen molar-refractivity contribution >= 4 is 44.8 Å². The van der Waals surface area contributed by atoms with E-state index in [0.29, 0.717) is 22.1 Å². The van der Waals surface area contributed by atoms with Gasteiger partial charge in [-0.05, 0) is 25.1 Å². The molecule has 1 N–H and O–H groups in total. The molecule has 2 aliphatic rings. The van der Waals surface area contributed by atoms with Crippen LogP contribution in [-0.2, 0) is 26.6 Å². The standard InChI is InChI=1S/C23H22ClFN6O4S2/c1-3-35-23(32)19-17-11-14(29-37(33,34)18-6-8-30(2)28-18)12-31(17)21(22-26-7-9-36-22)27-20(19)15-5-4-13(25)10-16(15)24/h4-10,14,20,29H,3,11-12H2,1-2H3/t14-,20-/m0/s1. The quantitative estimate of drug-likeness (QED) is 0.438. The number of aromatic nitrogens is 3. The highest BCUT2D eigenvalue weighted by Crippen LogP contribution is 2.42. The first-order chi connectivity index (χ1) is 17.7. The van der Waals surface area contributed by atoms with Crippen molar-refractivity contribution in [2.24, 2.45) is 12.0 Å². The van der Waals surface area contributed by atoms with E-state index in [-0.39, 0.29) is 35.2 Å². The summed E-state index contributed by atoms with van der Waals surface area (Å²) in [6.07, 6.45) is 3.35. The third kappa shape index (κ3) is 4.91. The molecular formula is C23H22ClFN6O4S2. The summed E-state index contributed by atoms with van der Waals surface area (Å²) in [6.45, 7) is 2.01. The first kappa shape index (κ1) is 25.5. The zero-order valence-electron chi connectivity index (χ0n) is 19.8. The van der Waals surface area contributed by atoms with Gasteiger partial charge < -0.3 is 9.64 Å². The number of benzene rings is 1. The lowest BCUT2D eigenvalue weighted by atomic mass is 9.94. The number of fused-ring (bicyclic) bond motifs is 1. The zero-order chi connectivity index (χ0) is 26.3. The van der Waals surface area contributed by atoms with Crippen LogP contribution in [0.5, 0.6) is 0 Å². The van der Waals surface area contributed by atoms with Gasteiger partial charge in [-0.1, -0.05) is 17.7 Å². The number of carbonyl (C=O) groups is 1. The van der Waals surface area contributed by atoms with Gasteiger partial charge in [-0.25, -0.2) is 27.3 Å². The number of aryl methyl sites for hydroxylation is 1.